The molecule has 2 aromatic heterocycles. The number of halogens is 2. The van der Waals surface area contributed by atoms with Crippen LogP contribution in [-0.4, -0.2) is 120 Å². The Labute approximate surface area is 324 Å². The van der Waals surface area contributed by atoms with E-state index in [-0.39, 0.29) is 51.5 Å². The van der Waals surface area contributed by atoms with E-state index in [1.54, 1.807) is 18.8 Å². The largest absolute Gasteiger partial charge is 0.508 e. The molecule has 3 aromatic carbocycles. The van der Waals surface area contributed by atoms with Crippen molar-refractivity contribution in [3.05, 3.63) is 47.7 Å². The summed E-state index contributed by atoms with van der Waals surface area (Å²) in [4.78, 5) is 17.5. The summed E-state index contributed by atoms with van der Waals surface area (Å²) in [5, 5.41) is 17.7. The van der Waals surface area contributed by atoms with Crippen LogP contribution in [0.25, 0.3) is 43.7 Å². The predicted octanol–water partition coefficient (Wildman–Crippen LogP) is 5.73. The van der Waals surface area contributed by atoms with Crippen molar-refractivity contribution in [3.8, 4) is 35.2 Å². The molecule has 1 aliphatic carbocycles. The molecule has 4 saturated heterocycles. The number of nitrogens with zero attached hydrogens (tertiary/aromatic N) is 7. The molecule has 56 heavy (non-hydrogen) atoms. The van der Waals surface area contributed by atoms with Gasteiger partial charge in [-0.15, -0.1) is 6.42 Å². The van der Waals surface area contributed by atoms with Crippen LogP contribution in [0.2, 0.25) is 0 Å². The highest BCUT2D eigenvalue weighted by atomic mass is 19.1. The minimum absolute atomic E-state index is 0.0104. The fourth-order valence-electron chi connectivity index (χ4n) is 10.1. The molecule has 292 valence electrons. The van der Waals surface area contributed by atoms with Crippen LogP contribution in [0.3, 0.4) is 0 Å². The van der Waals surface area contributed by atoms with Crippen molar-refractivity contribution in [2.45, 2.75) is 44.2 Å². The molecule has 2 bridgehead atoms. The van der Waals surface area contributed by atoms with Crippen molar-refractivity contribution in [3.63, 3.8) is 0 Å². The van der Waals surface area contributed by atoms with E-state index in [1.165, 1.54) is 24.3 Å². The molecular formula is C43H47F2N7O4. The summed E-state index contributed by atoms with van der Waals surface area (Å²) in [7, 11) is 3.55. The molecule has 3 atom stereocenters. The Bertz CT molecular complexity index is 2390. The van der Waals surface area contributed by atoms with Gasteiger partial charge in [0, 0.05) is 92.8 Å². The fourth-order valence-corrected chi connectivity index (χ4v) is 10.1. The zero-order valence-electron chi connectivity index (χ0n) is 31.9. The summed E-state index contributed by atoms with van der Waals surface area (Å²) < 4.78 is 52.3. The lowest BCUT2D eigenvalue weighted by molar-refractivity contribution is -0.0484. The summed E-state index contributed by atoms with van der Waals surface area (Å²) in [5.74, 6) is 2.84. The Kier molecular flexibility index (Phi) is 8.81. The first kappa shape index (κ1) is 35.8. The number of likely N-dealkylation sites (tertiary alicyclic amines) is 2. The number of anilines is 1. The maximum absolute atomic E-state index is 17.9. The highest BCUT2D eigenvalue weighted by Crippen LogP contribution is 2.49. The number of hydrogen-bond donors (Lipinski definition) is 1. The van der Waals surface area contributed by atoms with Gasteiger partial charge in [0.2, 0.25) is 0 Å². The fraction of sp³-hybridized carbons (Fsp3) is 0.512. The first-order chi connectivity index (χ1) is 27.2. The number of rotatable bonds is 11. The normalized spacial score (nSPS) is 23.7. The van der Waals surface area contributed by atoms with Crippen molar-refractivity contribution in [2.75, 3.05) is 77.7 Å². The lowest BCUT2D eigenvalue weighted by Gasteiger charge is -2.44. The number of benzene rings is 3. The van der Waals surface area contributed by atoms with E-state index in [9.17, 15) is 5.11 Å². The maximum atomic E-state index is 17.9. The van der Waals surface area contributed by atoms with Gasteiger partial charge in [-0.05, 0) is 73.7 Å². The Morgan fingerprint density at radius 3 is 2.52 bits per heavy atom. The second-order valence-electron chi connectivity index (χ2n) is 17.0. The van der Waals surface area contributed by atoms with Gasteiger partial charge in [-0.25, -0.2) is 8.78 Å². The topological polar surface area (TPSA) is 101 Å². The second-order valence-corrected chi connectivity index (χ2v) is 17.0. The third kappa shape index (κ3) is 6.13. The smallest absolute Gasteiger partial charge is 0.319 e. The molecule has 1 saturated carbocycles. The molecule has 0 amide bonds. The zero-order chi connectivity index (χ0) is 38.3. The molecule has 13 heteroatoms. The number of hydrogen-bond acceptors (Lipinski definition) is 10. The summed E-state index contributed by atoms with van der Waals surface area (Å²) in [6.07, 6.45) is 12.9. The molecule has 1 unspecified atom stereocenters. The summed E-state index contributed by atoms with van der Waals surface area (Å²) >= 11 is 0. The number of aromatic hydroxyl groups is 1. The van der Waals surface area contributed by atoms with Crippen LogP contribution in [-0.2, 0) is 16.5 Å². The van der Waals surface area contributed by atoms with E-state index < -0.39 is 11.6 Å². The van der Waals surface area contributed by atoms with Gasteiger partial charge in [-0.2, -0.15) is 15.1 Å². The Hall–Kier alpha value is -4.61. The minimum Gasteiger partial charge on any atom is -0.508 e. The number of piperazine rings is 1. The van der Waals surface area contributed by atoms with Gasteiger partial charge < -0.3 is 29.1 Å². The SMILES string of the molecule is C#Cc1c(F)ccc2cc(O)cc(-c3c(F)c4nc(OCC5(CN6CCC(COC)C6)CC5)nc(N5[C@@H]6CC[C@H]5CN(CC5COC5)C6)c4c4cn(C)nc34)c12. The van der Waals surface area contributed by atoms with Crippen molar-refractivity contribution < 1.29 is 28.1 Å². The second kappa shape index (κ2) is 13.8. The Balaban J connectivity index is 1.11. The standard InChI is InChI=1S/C43H47F2N7O4/c1-4-31-34(44)8-5-27-13-30(53)14-32(35(27)31)36-38(45)40-37(33-19-49(2)48-39(33)36)41(52-28-6-7-29(52)18-51(17-28)16-26-21-55-22-26)47-42(46-40)56-24-43(10-11-43)23-50-12-9-25(15-50)20-54-3/h1,5,8,13-14,19,25-26,28-29,53H,6-7,9-12,15-18,20-24H2,2-3H3/t25?,28-,29+. The Morgan fingerprint density at radius 1 is 1.00 bits per heavy atom. The van der Waals surface area contributed by atoms with Gasteiger partial charge >= 0.3 is 6.01 Å². The van der Waals surface area contributed by atoms with Crippen LogP contribution in [0, 0.1) is 41.2 Å². The third-order valence-electron chi connectivity index (χ3n) is 12.9. The van der Waals surface area contributed by atoms with E-state index in [2.05, 4.69) is 20.6 Å². The number of terminal acetylenes is 1. The van der Waals surface area contributed by atoms with Crippen molar-refractivity contribution in [1.82, 2.24) is 29.5 Å². The van der Waals surface area contributed by atoms with E-state index in [4.69, 9.17) is 35.7 Å². The summed E-state index contributed by atoms with van der Waals surface area (Å²) in [6.45, 7) is 8.57. The number of phenolic OH excluding ortho intramolecular Hbond substituents is 1. The lowest BCUT2D eigenvalue weighted by Crippen LogP contribution is -2.56. The lowest BCUT2D eigenvalue weighted by atomic mass is 9.91. The first-order valence-corrected chi connectivity index (χ1v) is 19.9. The molecule has 0 spiro atoms. The molecule has 6 heterocycles. The number of methoxy groups -OCH3 is 1. The average molecular weight is 764 g/mol. The van der Waals surface area contributed by atoms with Crippen LogP contribution < -0.4 is 9.64 Å². The number of fused-ring (bicyclic) bond motifs is 6. The van der Waals surface area contributed by atoms with E-state index >= 15 is 8.78 Å². The molecule has 4 aliphatic heterocycles. The van der Waals surface area contributed by atoms with Gasteiger partial charge in [0.05, 0.1) is 37.4 Å². The van der Waals surface area contributed by atoms with Gasteiger partial charge in [0.25, 0.3) is 0 Å². The molecule has 5 fully saturated rings. The van der Waals surface area contributed by atoms with Gasteiger partial charge in [-0.1, -0.05) is 12.0 Å². The number of phenols is 1. The molecule has 0 radical (unpaired) electrons. The zero-order valence-corrected chi connectivity index (χ0v) is 31.9. The quantitative estimate of drug-likeness (QED) is 0.168. The molecular weight excluding hydrogens is 717 g/mol. The van der Waals surface area contributed by atoms with E-state index in [0.717, 1.165) is 91.2 Å². The van der Waals surface area contributed by atoms with Crippen LogP contribution in [0.4, 0.5) is 14.6 Å². The average Bonchev–Trinajstić information content (AvgIpc) is 3.44. The third-order valence-corrected chi connectivity index (χ3v) is 12.9. The van der Waals surface area contributed by atoms with Crippen molar-refractivity contribution in [2.24, 2.45) is 24.3 Å². The first-order valence-electron chi connectivity index (χ1n) is 19.9. The molecule has 5 aliphatic rings. The molecule has 1 N–H and O–H groups in total. The minimum atomic E-state index is -0.655. The van der Waals surface area contributed by atoms with Gasteiger partial charge in [-0.3, -0.25) is 9.58 Å². The Morgan fingerprint density at radius 2 is 1.80 bits per heavy atom. The van der Waals surface area contributed by atoms with Crippen LogP contribution >= 0.6 is 0 Å². The highest BCUT2D eigenvalue weighted by Gasteiger charge is 2.47. The van der Waals surface area contributed by atoms with Crippen molar-refractivity contribution >= 4 is 38.4 Å². The van der Waals surface area contributed by atoms with Gasteiger partial charge in [0.1, 0.15) is 28.4 Å². The summed E-state index contributed by atoms with van der Waals surface area (Å²) in [5.41, 5.74) is 0.736. The van der Waals surface area contributed by atoms with Crippen molar-refractivity contribution in [1.29, 1.82) is 0 Å². The predicted molar refractivity (Wildman–Crippen MR) is 210 cm³/mol. The molecule has 10 rings (SSSR count). The molecule has 5 aromatic rings. The maximum Gasteiger partial charge on any atom is 0.319 e. The molecule has 11 nitrogen and oxygen atoms in total. The number of ether oxygens (including phenoxy) is 3. The van der Waals surface area contributed by atoms with E-state index in [1.807, 2.05) is 6.20 Å². The van der Waals surface area contributed by atoms with Crippen LogP contribution in [0.1, 0.15) is 37.7 Å². The number of aromatic nitrogens is 4. The highest BCUT2D eigenvalue weighted by molar-refractivity contribution is 6.18. The number of aryl methyl sites for hydroxylation is 1. The summed E-state index contributed by atoms with van der Waals surface area (Å²) in [6, 6.07) is 6.22. The van der Waals surface area contributed by atoms with Crippen LogP contribution in [0.15, 0.2) is 30.5 Å². The van der Waals surface area contributed by atoms with Gasteiger partial charge in [0.15, 0.2) is 5.82 Å². The van der Waals surface area contributed by atoms with Crippen LogP contribution in [0.5, 0.6) is 11.8 Å². The van der Waals surface area contributed by atoms with E-state index in [0.29, 0.717) is 51.3 Å². The monoisotopic (exact) mass is 763 g/mol.